The highest BCUT2D eigenvalue weighted by molar-refractivity contribution is 9.10. The molecule has 0 atom stereocenters. The maximum Gasteiger partial charge on any atom is 0.271 e. The van der Waals surface area contributed by atoms with E-state index in [2.05, 4.69) is 31.4 Å². The zero-order valence-electron chi connectivity index (χ0n) is 9.58. The summed E-state index contributed by atoms with van der Waals surface area (Å²) in [5, 5.41) is 11.3. The lowest BCUT2D eigenvalue weighted by molar-refractivity contribution is 0.0945. The lowest BCUT2D eigenvalue weighted by Gasteiger charge is -2.01. The second kappa shape index (κ2) is 4.56. The SMILES string of the molecule is O=C(NC1CC1)c1ccn(Cn2cc(Br)cn2)n1. The molecule has 1 N–H and O–H groups in total. The first kappa shape index (κ1) is 11.5. The molecule has 1 fully saturated rings. The first-order valence-corrected chi connectivity index (χ1v) is 6.52. The number of rotatable bonds is 4. The van der Waals surface area contributed by atoms with Crippen molar-refractivity contribution in [2.24, 2.45) is 0 Å². The van der Waals surface area contributed by atoms with Crippen molar-refractivity contribution in [1.29, 1.82) is 0 Å². The van der Waals surface area contributed by atoms with Gasteiger partial charge in [0.2, 0.25) is 0 Å². The van der Waals surface area contributed by atoms with E-state index in [9.17, 15) is 4.79 Å². The Morgan fingerprint density at radius 2 is 2.33 bits per heavy atom. The fourth-order valence-electron chi connectivity index (χ4n) is 1.61. The van der Waals surface area contributed by atoms with Crippen molar-refractivity contribution in [3.63, 3.8) is 0 Å². The number of nitrogens with zero attached hydrogens (tertiary/aromatic N) is 4. The van der Waals surface area contributed by atoms with Crippen LogP contribution in [0.5, 0.6) is 0 Å². The minimum Gasteiger partial charge on any atom is -0.348 e. The minimum absolute atomic E-state index is 0.0992. The number of carbonyl (C=O) groups excluding carboxylic acids is 1. The van der Waals surface area contributed by atoms with Gasteiger partial charge in [-0.2, -0.15) is 10.2 Å². The highest BCUT2D eigenvalue weighted by Gasteiger charge is 2.24. The lowest BCUT2D eigenvalue weighted by atomic mass is 10.4. The van der Waals surface area contributed by atoms with Gasteiger partial charge in [-0.3, -0.25) is 9.48 Å². The number of nitrogens with one attached hydrogen (secondary N) is 1. The Morgan fingerprint density at radius 1 is 1.50 bits per heavy atom. The molecule has 7 heteroatoms. The largest absolute Gasteiger partial charge is 0.348 e. The number of amides is 1. The number of halogens is 1. The second-order valence-electron chi connectivity index (χ2n) is 4.33. The second-order valence-corrected chi connectivity index (χ2v) is 5.24. The zero-order chi connectivity index (χ0) is 12.5. The highest BCUT2D eigenvalue weighted by Crippen LogP contribution is 2.19. The predicted molar refractivity (Wildman–Crippen MR) is 68.0 cm³/mol. The molecule has 1 aliphatic carbocycles. The Balaban J connectivity index is 1.66. The number of hydrogen-bond donors (Lipinski definition) is 1. The van der Waals surface area contributed by atoms with Crippen LogP contribution in [0, 0.1) is 0 Å². The summed E-state index contributed by atoms with van der Waals surface area (Å²) in [4.78, 5) is 11.7. The van der Waals surface area contributed by atoms with Crippen LogP contribution in [0.3, 0.4) is 0 Å². The van der Waals surface area contributed by atoms with E-state index in [4.69, 9.17) is 0 Å². The van der Waals surface area contributed by atoms with Gasteiger partial charge < -0.3 is 5.32 Å². The quantitative estimate of drug-likeness (QED) is 0.924. The zero-order valence-corrected chi connectivity index (χ0v) is 11.2. The summed E-state index contributed by atoms with van der Waals surface area (Å²) >= 11 is 3.33. The Hall–Kier alpha value is -1.63. The molecule has 2 aromatic heterocycles. The van der Waals surface area contributed by atoms with Crippen molar-refractivity contribution < 1.29 is 4.79 Å². The molecule has 0 spiro atoms. The summed E-state index contributed by atoms with van der Waals surface area (Å²) in [6.45, 7) is 0.488. The third-order valence-corrected chi connectivity index (χ3v) is 3.09. The van der Waals surface area contributed by atoms with Crippen molar-refractivity contribution in [1.82, 2.24) is 24.9 Å². The summed E-state index contributed by atoms with van der Waals surface area (Å²) in [5.74, 6) is -0.0992. The van der Waals surface area contributed by atoms with Gasteiger partial charge in [0.15, 0.2) is 0 Å². The molecule has 2 heterocycles. The lowest BCUT2D eigenvalue weighted by Crippen LogP contribution is -2.26. The van der Waals surface area contributed by atoms with E-state index in [0.717, 1.165) is 17.3 Å². The van der Waals surface area contributed by atoms with Gasteiger partial charge in [0.25, 0.3) is 5.91 Å². The van der Waals surface area contributed by atoms with Gasteiger partial charge >= 0.3 is 0 Å². The van der Waals surface area contributed by atoms with Crippen LogP contribution in [-0.4, -0.2) is 31.5 Å². The van der Waals surface area contributed by atoms with E-state index in [1.54, 1.807) is 27.8 Å². The van der Waals surface area contributed by atoms with Crippen LogP contribution in [0.25, 0.3) is 0 Å². The normalized spacial score (nSPS) is 14.7. The monoisotopic (exact) mass is 309 g/mol. The number of aromatic nitrogens is 4. The molecule has 94 valence electrons. The molecule has 6 nitrogen and oxygen atoms in total. The van der Waals surface area contributed by atoms with Gasteiger partial charge in [0.05, 0.1) is 10.7 Å². The summed E-state index contributed by atoms with van der Waals surface area (Å²) in [6, 6.07) is 2.07. The standard InChI is InChI=1S/C11H12BrN5O/c12-8-5-13-17(6-8)7-16-4-3-10(15-16)11(18)14-9-1-2-9/h3-6,9H,1-2,7H2,(H,14,18). The van der Waals surface area contributed by atoms with Gasteiger partial charge in [0.1, 0.15) is 12.4 Å². The average Bonchev–Trinajstić information content (AvgIpc) is 2.87. The van der Waals surface area contributed by atoms with E-state index in [-0.39, 0.29) is 5.91 Å². The van der Waals surface area contributed by atoms with Crippen LogP contribution >= 0.6 is 15.9 Å². The molecule has 1 amide bonds. The fourth-order valence-corrected chi connectivity index (χ4v) is 1.94. The maximum absolute atomic E-state index is 11.7. The van der Waals surface area contributed by atoms with Gasteiger partial charge in [-0.15, -0.1) is 0 Å². The molecular formula is C11H12BrN5O. The van der Waals surface area contributed by atoms with E-state index < -0.39 is 0 Å². The Labute approximate surface area is 112 Å². The molecule has 3 rings (SSSR count). The van der Waals surface area contributed by atoms with E-state index >= 15 is 0 Å². The first-order valence-electron chi connectivity index (χ1n) is 5.73. The van der Waals surface area contributed by atoms with Gasteiger partial charge in [-0.25, -0.2) is 4.68 Å². The molecule has 0 unspecified atom stereocenters. The maximum atomic E-state index is 11.7. The van der Waals surface area contributed by atoms with Crippen LogP contribution in [-0.2, 0) is 6.67 Å². The highest BCUT2D eigenvalue weighted by atomic mass is 79.9. The smallest absolute Gasteiger partial charge is 0.271 e. The summed E-state index contributed by atoms with van der Waals surface area (Å²) in [5.41, 5.74) is 0.452. The van der Waals surface area contributed by atoms with Gasteiger partial charge in [-0.1, -0.05) is 0 Å². The van der Waals surface area contributed by atoms with Crippen molar-refractivity contribution in [2.45, 2.75) is 25.6 Å². The first-order chi connectivity index (χ1) is 8.70. The molecule has 1 saturated carbocycles. The Bertz CT molecular complexity index is 572. The molecular weight excluding hydrogens is 298 g/mol. The molecule has 0 saturated heterocycles. The van der Waals surface area contributed by atoms with Crippen molar-refractivity contribution >= 4 is 21.8 Å². The van der Waals surface area contributed by atoms with Crippen molar-refractivity contribution in [3.05, 3.63) is 34.8 Å². The minimum atomic E-state index is -0.0992. The number of hydrogen-bond acceptors (Lipinski definition) is 3. The molecule has 0 aromatic carbocycles. The Kier molecular flexibility index (Phi) is 2.91. The van der Waals surface area contributed by atoms with Crippen LogP contribution in [0.15, 0.2) is 29.1 Å². The summed E-state index contributed by atoms with van der Waals surface area (Å²) < 4.78 is 4.34. The molecule has 0 bridgehead atoms. The van der Waals surface area contributed by atoms with Crippen molar-refractivity contribution in [3.8, 4) is 0 Å². The predicted octanol–water partition coefficient (Wildman–Crippen LogP) is 1.24. The molecule has 1 aliphatic rings. The van der Waals surface area contributed by atoms with Gasteiger partial charge in [-0.05, 0) is 34.8 Å². The fraction of sp³-hybridized carbons (Fsp3) is 0.364. The van der Waals surface area contributed by atoms with Crippen LogP contribution in [0.4, 0.5) is 0 Å². The van der Waals surface area contributed by atoms with Crippen LogP contribution < -0.4 is 5.32 Å². The topological polar surface area (TPSA) is 64.7 Å². The summed E-state index contributed by atoms with van der Waals surface area (Å²) in [6.07, 6.45) is 7.49. The van der Waals surface area contributed by atoms with Crippen LogP contribution in [0.1, 0.15) is 23.3 Å². The third kappa shape index (κ3) is 2.61. The van der Waals surface area contributed by atoms with Crippen LogP contribution in [0.2, 0.25) is 0 Å². The summed E-state index contributed by atoms with van der Waals surface area (Å²) in [7, 11) is 0. The number of carbonyl (C=O) groups is 1. The van der Waals surface area contributed by atoms with E-state index in [1.807, 2.05) is 6.20 Å². The Morgan fingerprint density at radius 3 is 3.00 bits per heavy atom. The average molecular weight is 310 g/mol. The van der Waals surface area contributed by atoms with E-state index in [1.165, 1.54) is 0 Å². The molecule has 18 heavy (non-hydrogen) atoms. The molecule has 0 aliphatic heterocycles. The van der Waals surface area contributed by atoms with Crippen molar-refractivity contribution in [2.75, 3.05) is 0 Å². The van der Waals surface area contributed by atoms with E-state index in [0.29, 0.717) is 18.4 Å². The van der Waals surface area contributed by atoms with Gasteiger partial charge in [0, 0.05) is 18.4 Å². The molecule has 2 aromatic rings. The molecule has 0 radical (unpaired) electrons. The third-order valence-electron chi connectivity index (χ3n) is 2.68.